The van der Waals surface area contributed by atoms with E-state index in [1.165, 1.54) is 0 Å². The van der Waals surface area contributed by atoms with E-state index >= 15 is 0 Å². The maximum atomic E-state index is 11.9. The zero-order valence-corrected chi connectivity index (χ0v) is 12.8. The maximum absolute atomic E-state index is 11.9. The largest absolute Gasteiger partial charge is 0.423 e. The number of rotatable bonds is 4. The summed E-state index contributed by atoms with van der Waals surface area (Å²) in [5.41, 5.74) is 2.35. The van der Waals surface area contributed by atoms with Crippen molar-refractivity contribution in [3.8, 4) is 5.75 Å². The van der Waals surface area contributed by atoms with E-state index in [0.29, 0.717) is 18.0 Å². The van der Waals surface area contributed by atoms with Crippen molar-refractivity contribution in [3.63, 3.8) is 0 Å². The van der Waals surface area contributed by atoms with E-state index in [-0.39, 0.29) is 17.3 Å². The van der Waals surface area contributed by atoms with Crippen LogP contribution in [0.1, 0.15) is 23.5 Å². The second-order valence-electron chi connectivity index (χ2n) is 4.64. The van der Waals surface area contributed by atoms with Crippen molar-refractivity contribution in [3.05, 3.63) is 32.1 Å². The number of esters is 1. The fourth-order valence-corrected chi connectivity index (χ4v) is 2.71. The van der Waals surface area contributed by atoms with Crippen LogP contribution >= 0.6 is 11.3 Å². The molecule has 0 bridgehead atoms. The number of hydrogen-bond acceptors (Lipinski definition) is 5. The van der Waals surface area contributed by atoms with Gasteiger partial charge in [-0.3, -0.25) is 14.3 Å². The van der Waals surface area contributed by atoms with Gasteiger partial charge in [0.25, 0.3) is 0 Å². The molecule has 0 unspecified atom stereocenters. The van der Waals surface area contributed by atoms with Gasteiger partial charge in [-0.1, -0.05) is 11.3 Å². The maximum Gasteiger partial charge on any atom is 0.313 e. The van der Waals surface area contributed by atoms with E-state index in [0.717, 1.165) is 22.7 Å². The number of aryl methyl sites for hydroxylation is 3. The molecule has 108 valence electrons. The van der Waals surface area contributed by atoms with Gasteiger partial charge in [-0.15, -0.1) is 0 Å². The number of thiazole rings is 1. The molecule has 0 aliphatic carbocycles. The van der Waals surface area contributed by atoms with E-state index in [9.17, 15) is 9.59 Å². The SMILES string of the molecule is Cc1nn(C)c(C)c1OC(=O)CCn1c(C)csc1=O. The van der Waals surface area contributed by atoms with Crippen LogP contribution in [0.2, 0.25) is 0 Å². The van der Waals surface area contributed by atoms with E-state index in [4.69, 9.17) is 4.74 Å². The molecule has 2 aromatic rings. The molecule has 0 spiro atoms. The summed E-state index contributed by atoms with van der Waals surface area (Å²) in [5.74, 6) is 0.147. The highest BCUT2D eigenvalue weighted by Crippen LogP contribution is 2.21. The minimum Gasteiger partial charge on any atom is -0.423 e. The Labute approximate surface area is 120 Å². The number of aromatic nitrogens is 3. The van der Waals surface area contributed by atoms with Gasteiger partial charge in [0.2, 0.25) is 0 Å². The fraction of sp³-hybridized carbons (Fsp3) is 0.462. The first kappa shape index (κ1) is 14.5. The van der Waals surface area contributed by atoms with Crippen molar-refractivity contribution >= 4 is 17.3 Å². The topological polar surface area (TPSA) is 66.1 Å². The Morgan fingerprint density at radius 1 is 1.40 bits per heavy atom. The van der Waals surface area contributed by atoms with Crippen LogP contribution in [0.15, 0.2) is 10.2 Å². The van der Waals surface area contributed by atoms with Crippen LogP contribution in [0.3, 0.4) is 0 Å². The lowest BCUT2D eigenvalue weighted by Gasteiger charge is -2.06. The molecule has 0 saturated heterocycles. The highest BCUT2D eigenvalue weighted by Gasteiger charge is 2.15. The van der Waals surface area contributed by atoms with Crippen molar-refractivity contribution < 1.29 is 9.53 Å². The Balaban J connectivity index is 2.02. The third-order valence-electron chi connectivity index (χ3n) is 3.17. The summed E-state index contributed by atoms with van der Waals surface area (Å²) < 4.78 is 8.59. The van der Waals surface area contributed by atoms with Gasteiger partial charge < -0.3 is 9.30 Å². The molecule has 0 N–H and O–H groups in total. The van der Waals surface area contributed by atoms with E-state index in [1.807, 2.05) is 13.8 Å². The summed E-state index contributed by atoms with van der Waals surface area (Å²) >= 11 is 1.14. The lowest BCUT2D eigenvalue weighted by atomic mass is 10.3. The summed E-state index contributed by atoms with van der Waals surface area (Å²) in [5, 5.41) is 5.97. The molecule has 0 atom stereocenters. The number of carbonyl (C=O) groups is 1. The highest BCUT2D eigenvalue weighted by molar-refractivity contribution is 7.07. The zero-order valence-electron chi connectivity index (χ0n) is 12.0. The predicted octanol–water partition coefficient (Wildman–Crippen LogP) is 1.56. The summed E-state index contributed by atoms with van der Waals surface area (Å²) in [7, 11) is 1.80. The van der Waals surface area contributed by atoms with Crippen molar-refractivity contribution in [2.24, 2.45) is 7.05 Å². The predicted molar refractivity (Wildman–Crippen MR) is 76.3 cm³/mol. The quantitative estimate of drug-likeness (QED) is 0.803. The lowest BCUT2D eigenvalue weighted by Crippen LogP contribution is -2.19. The second kappa shape index (κ2) is 5.62. The first-order chi connectivity index (χ1) is 9.40. The highest BCUT2D eigenvalue weighted by atomic mass is 32.1. The molecule has 0 radical (unpaired) electrons. The van der Waals surface area contributed by atoms with Crippen molar-refractivity contribution in [2.45, 2.75) is 33.7 Å². The Hall–Kier alpha value is -1.89. The molecule has 2 heterocycles. The molecule has 6 nitrogen and oxygen atoms in total. The molecule has 2 aromatic heterocycles. The molecule has 0 aliphatic rings. The van der Waals surface area contributed by atoms with Crippen molar-refractivity contribution in [2.75, 3.05) is 0 Å². The van der Waals surface area contributed by atoms with Gasteiger partial charge in [-0.05, 0) is 20.8 Å². The third kappa shape index (κ3) is 2.82. The Morgan fingerprint density at radius 2 is 2.10 bits per heavy atom. The van der Waals surface area contributed by atoms with Gasteiger partial charge in [0.1, 0.15) is 5.69 Å². The molecule has 0 amide bonds. The molecule has 7 heteroatoms. The van der Waals surface area contributed by atoms with Crippen LogP contribution in [0.5, 0.6) is 5.75 Å². The van der Waals surface area contributed by atoms with Gasteiger partial charge in [0.05, 0.1) is 12.1 Å². The number of nitrogens with zero attached hydrogens (tertiary/aromatic N) is 3. The summed E-state index contributed by atoms with van der Waals surface area (Å²) in [6, 6.07) is 0. The molecular formula is C13H17N3O3S. The molecule has 20 heavy (non-hydrogen) atoms. The average Bonchev–Trinajstić information content (AvgIpc) is 2.82. The minimum absolute atomic E-state index is 0.0518. The second-order valence-corrected chi connectivity index (χ2v) is 5.46. The molecule has 0 aliphatic heterocycles. The van der Waals surface area contributed by atoms with Gasteiger partial charge in [-0.2, -0.15) is 5.10 Å². The monoisotopic (exact) mass is 295 g/mol. The standard InChI is InChI=1S/C13H17N3O3S/c1-8-7-20-13(18)16(8)6-5-11(17)19-12-9(2)14-15(4)10(12)3/h7H,5-6H2,1-4H3. The number of hydrogen-bond donors (Lipinski definition) is 0. The van der Waals surface area contributed by atoms with Crippen LogP contribution in [0, 0.1) is 20.8 Å². The van der Waals surface area contributed by atoms with Crippen molar-refractivity contribution in [1.82, 2.24) is 14.3 Å². The fourth-order valence-electron chi connectivity index (χ4n) is 1.94. The van der Waals surface area contributed by atoms with E-state index in [2.05, 4.69) is 5.10 Å². The van der Waals surface area contributed by atoms with Gasteiger partial charge >= 0.3 is 10.8 Å². The molecule has 2 rings (SSSR count). The van der Waals surface area contributed by atoms with Crippen LogP contribution < -0.4 is 9.61 Å². The van der Waals surface area contributed by atoms with Gasteiger partial charge in [0, 0.05) is 24.7 Å². The van der Waals surface area contributed by atoms with Crippen LogP contribution in [-0.4, -0.2) is 20.3 Å². The number of carbonyl (C=O) groups excluding carboxylic acids is 1. The molecule has 0 aromatic carbocycles. The molecular weight excluding hydrogens is 278 g/mol. The summed E-state index contributed by atoms with van der Waals surface area (Å²) in [6.07, 6.45) is 0.158. The van der Waals surface area contributed by atoms with Crippen LogP contribution in [0.4, 0.5) is 0 Å². The Morgan fingerprint density at radius 3 is 2.60 bits per heavy atom. The Bertz CT molecular complexity index is 696. The average molecular weight is 295 g/mol. The first-order valence-corrected chi connectivity index (χ1v) is 7.14. The minimum atomic E-state index is -0.360. The van der Waals surface area contributed by atoms with Gasteiger partial charge in [-0.25, -0.2) is 0 Å². The van der Waals surface area contributed by atoms with Crippen LogP contribution in [-0.2, 0) is 18.4 Å². The first-order valence-electron chi connectivity index (χ1n) is 6.26. The van der Waals surface area contributed by atoms with Crippen LogP contribution in [0.25, 0.3) is 0 Å². The van der Waals surface area contributed by atoms with Gasteiger partial charge in [0.15, 0.2) is 5.75 Å². The summed E-state index contributed by atoms with van der Waals surface area (Å²) in [6.45, 7) is 5.82. The molecule has 0 saturated carbocycles. The zero-order chi connectivity index (χ0) is 14.9. The smallest absolute Gasteiger partial charge is 0.313 e. The lowest BCUT2D eigenvalue weighted by molar-refractivity contribution is -0.134. The van der Waals surface area contributed by atoms with Crippen molar-refractivity contribution in [1.29, 1.82) is 0 Å². The third-order valence-corrected chi connectivity index (χ3v) is 4.06. The number of ether oxygens (including phenoxy) is 1. The van der Waals surface area contributed by atoms with E-state index < -0.39 is 0 Å². The van der Waals surface area contributed by atoms with E-state index in [1.54, 1.807) is 28.6 Å². The summed E-state index contributed by atoms with van der Waals surface area (Å²) in [4.78, 5) is 23.4. The molecule has 0 fully saturated rings. The normalized spacial score (nSPS) is 10.8. The Kier molecular flexibility index (Phi) is 4.08.